The van der Waals surface area contributed by atoms with Gasteiger partial charge in [-0.3, -0.25) is 9.59 Å². The first-order chi connectivity index (χ1) is 11.7. The molecule has 0 aromatic heterocycles. The summed E-state index contributed by atoms with van der Waals surface area (Å²) in [6.07, 6.45) is 0.682. The molecule has 0 bridgehead atoms. The first kappa shape index (κ1) is 19.4. The van der Waals surface area contributed by atoms with Gasteiger partial charge in [-0.25, -0.2) is 8.42 Å². The summed E-state index contributed by atoms with van der Waals surface area (Å²) >= 11 is 0. The molecule has 8 heteroatoms. The van der Waals surface area contributed by atoms with E-state index in [1.54, 1.807) is 12.1 Å². The van der Waals surface area contributed by atoms with Gasteiger partial charge in [0.25, 0.3) is 0 Å². The Morgan fingerprint density at radius 1 is 1.32 bits per heavy atom. The van der Waals surface area contributed by atoms with E-state index in [-0.39, 0.29) is 29.8 Å². The molecule has 138 valence electrons. The molecule has 1 aromatic carbocycles. The van der Waals surface area contributed by atoms with Crippen LogP contribution in [0.4, 0.5) is 5.69 Å². The summed E-state index contributed by atoms with van der Waals surface area (Å²) in [4.78, 5) is 24.6. The third-order valence-electron chi connectivity index (χ3n) is 4.25. The van der Waals surface area contributed by atoms with Gasteiger partial charge in [-0.05, 0) is 44.5 Å². The van der Waals surface area contributed by atoms with Gasteiger partial charge in [0.2, 0.25) is 15.9 Å². The number of benzene rings is 1. The van der Waals surface area contributed by atoms with Gasteiger partial charge in [0.15, 0.2) is 0 Å². The Morgan fingerprint density at radius 3 is 2.36 bits per heavy atom. The number of carboxylic acids is 1. The van der Waals surface area contributed by atoms with Crippen molar-refractivity contribution in [2.24, 2.45) is 5.92 Å². The molecule has 0 spiro atoms. The predicted octanol–water partition coefficient (Wildman–Crippen LogP) is 1.93. The van der Waals surface area contributed by atoms with Crippen LogP contribution in [-0.2, 0) is 19.6 Å². The van der Waals surface area contributed by atoms with Crippen LogP contribution in [-0.4, -0.2) is 48.8 Å². The maximum atomic E-state index is 12.8. The molecule has 1 fully saturated rings. The average molecular weight is 368 g/mol. The summed E-state index contributed by atoms with van der Waals surface area (Å²) in [6, 6.07) is 5.90. The molecular formula is C17H24N2O5S. The van der Waals surface area contributed by atoms with Crippen LogP contribution in [0, 0.1) is 5.92 Å². The Hall–Kier alpha value is -1.93. The molecule has 1 aromatic rings. The summed E-state index contributed by atoms with van der Waals surface area (Å²) < 4.78 is 27.0. The first-order valence-corrected chi connectivity index (χ1v) is 9.77. The van der Waals surface area contributed by atoms with Crippen molar-refractivity contribution in [2.75, 3.05) is 18.0 Å². The number of amides is 1. The first-order valence-electron chi connectivity index (χ1n) is 8.33. The van der Waals surface area contributed by atoms with Crippen molar-refractivity contribution in [1.29, 1.82) is 0 Å². The number of carboxylic acid groups (broad SMARTS) is 1. The molecule has 1 amide bonds. The highest BCUT2D eigenvalue weighted by molar-refractivity contribution is 7.89. The number of rotatable bonds is 7. The number of carbonyl (C=O) groups excluding carboxylic acids is 1. The lowest BCUT2D eigenvalue weighted by Gasteiger charge is -2.25. The lowest BCUT2D eigenvalue weighted by Crippen LogP contribution is -2.37. The molecule has 1 saturated heterocycles. The maximum Gasteiger partial charge on any atom is 0.308 e. The van der Waals surface area contributed by atoms with Gasteiger partial charge in [-0.1, -0.05) is 6.92 Å². The van der Waals surface area contributed by atoms with E-state index in [9.17, 15) is 18.0 Å². The molecule has 1 atom stereocenters. The minimum atomic E-state index is -3.60. The zero-order chi connectivity index (χ0) is 18.8. The Balaban J connectivity index is 2.25. The molecular weight excluding hydrogens is 344 g/mol. The molecule has 1 aliphatic heterocycles. The van der Waals surface area contributed by atoms with Crippen molar-refractivity contribution in [3.8, 4) is 0 Å². The van der Waals surface area contributed by atoms with Crippen molar-refractivity contribution in [2.45, 2.75) is 44.6 Å². The highest BCUT2D eigenvalue weighted by Crippen LogP contribution is 2.27. The summed E-state index contributed by atoms with van der Waals surface area (Å²) in [5.41, 5.74) is 0.513. The molecule has 0 saturated carbocycles. The van der Waals surface area contributed by atoms with Crippen LogP contribution in [0.5, 0.6) is 0 Å². The number of aliphatic carboxylic acids is 1. The normalized spacial score (nSPS) is 18.4. The molecule has 7 nitrogen and oxygen atoms in total. The molecule has 1 unspecified atom stereocenters. The van der Waals surface area contributed by atoms with Crippen LogP contribution >= 0.6 is 0 Å². The van der Waals surface area contributed by atoms with E-state index in [2.05, 4.69) is 0 Å². The quantitative estimate of drug-likeness (QED) is 0.793. The van der Waals surface area contributed by atoms with E-state index in [4.69, 9.17) is 5.11 Å². The van der Waals surface area contributed by atoms with E-state index in [1.165, 1.54) is 21.3 Å². The Kier molecular flexibility index (Phi) is 5.84. The lowest BCUT2D eigenvalue weighted by molar-refractivity contribution is -0.141. The Labute approximate surface area is 148 Å². The Bertz CT molecular complexity index is 743. The fourth-order valence-electron chi connectivity index (χ4n) is 2.93. The highest BCUT2D eigenvalue weighted by Gasteiger charge is 2.35. The van der Waals surface area contributed by atoms with Gasteiger partial charge in [0.05, 0.1) is 10.8 Å². The number of sulfonamides is 1. The second kappa shape index (κ2) is 7.53. The molecule has 1 heterocycles. The summed E-state index contributed by atoms with van der Waals surface area (Å²) in [5.74, 6) is -1.99. The van der Waals surface area contributed by atoms with Crippen LogP contribution < -0.4 is 4.90 Å². The van der Waals surface area contributed by atoms with Gasteiger partial charge in [-0.2, -0.15) is 4.31 Å². The third kappa shape index (κ3) is 4.01. The second-order valence-electron chi connectivity index (χ2n) is 6.45. The minimum absolute atomic E-state index is 0.0347. The number of anilines is 1. The Morgan fingerprint density at radius 2 is 1.92 bits per heavy atom. The summed E-state index contributed by atoms with van der Waals surface area (Å²) in [7, 11) is -3.60. The van der Waals surface area contributed by atoms with E-state index in [0.29, 0.717) is 18.7 Å². The van der Waals surface area contributed by atoms with E-state index in [1.807, 2.05) is 20.8 Å². The van der Waals surface area contributed by atoms with Crippen LogP contribution in [0.1, 0.15) is 33.6 Å². The van der Waals surface area contributed by atoms with Crippen LogP contribution in [0.3, 0.4) is 0 Å². The number of hydrogen-bond acceptors (Lipinski definition) is 4. The van der Waals surface area contributed by atoms with Crippen LogP contribution in [0.15, 0.2) is 29.2 Å². The molecule has 2 rings (SSSR count). The fraction of sp³-hybridized carbons (Fsp3) is 0.529. The SMILES string of the molecule is CCCN(C(C)C)S(=O)(=O)c1ccc(N2CC(C(=O)O)CC2=O)cc1. The zero-order valence-electron chi connectivity index (χ0n) is 14.7. The molecule has 1 aliphatic rings. The fourth-order valence-corrected chi connectivity index (χ4v) is 4.66. The average Bonchev–Trinajstić information content (AvgIpc) is 2.94. The topological polar surface area (TPSA) is 95.0 Å². The van der Waals surface area contributed by atoms with E-state index >= 15 is 0 Å². The van der Waals surface area contributed by atoms with Gasteiger partial charge in [-0.15, -0.1) is 0 Å². The van der Waals surface area contributed by atoms with Gasteiger partial charge in [0.1, 0.15) is 0 Å². The van der Waals surface area contributed by atoms with Crippen molar-refractivity contribution in [3.63, 3.8) is 0 Å². The molecule has 25 heavy (non-hydrogen) atoms. The second-order valence-corrected chi connectivity index (χ2v) is 8.34. The van der Waals surface area contributed by atoms with Gasteiger partial charge >= 0.3 is 5.97 Å². The maximum absolute atomic E-state index is 12.8. The monoisotopic (exact) mass is 368 g/mol. The minimum Gasteiger partial charge on any atom is -0.481 e. The molecule has 1 N–H and O–H groups in total. The number of carbonyl (C=O) groups is 2. The summed E-state index contributed by atoms with van der Waals surface area (Å²) in [6.45, 7) is 6.12. The lowest BCUT2D eigenvalue weighted by atomic mass is 10.1. The molecule has 0 aliphatic carbocycles. The van der Waals surface area contributed by atoms with Gasteiger partial charge < -0.3 is 10.0 Å². The third-order valence-corrected chi connectivity index (χ3v) is 6.34. The standard InChI is InChI=1S/C17H24N2O5S/c1-4-9-19(12(2)3)25(23,24)15-7-5-14(6-8-15)18-11-13(17(21)22)10-16(18)20/h5-8,12-13H,4,9-11H2,1-3H3,(H,21,22). The predicted molar refractivity (Wildman–Crippen MR) is 93.9 cm³/mol. The number of hydrogen-bond donors (Lipinski definition) is 1. The molecule has 0 radical (unpaired) electrons. The van der Waals surface area contributed by atoms with Crippen molar-refractivity contribution in [3.05, 3.63) is 24.3 Å². The number of nitrogens with zero attached hydrogens (tertiary/aromatic N) is 2. The van der Waals surface area contributed by atoms with Crippen molar-refractivity contribution < 1.29 is 23.1 Å². The zero-order valence-corrected chi connectivity index (χ0v) is 15.5. The largest absolute Gasteiger partial charge is 0.481 e. The van der Waals surface area contributed by atoms with Crippen molar-refractivity contribution in [1.82, 2.24) is 4.31 Å². The summed E-state index contributed by atoms with van der Waals surface area (Å²) in [5, 5.41) is 9.05. The smallest absolute Gasteiger partial charge is 0.308 e. The van der Waals surface area contributed by atoms with Crippen LogP contribution in [0.25, 0.3) is 0 Å². The van der Waals surface area contributed by atoms with E-state index in [0.717, 1.165) is 0 Å². The van der Waals surface area contributed by atoms with Gasteiger partial charge in [0, 0.05) is 31.2 Å². The van der Waals surface area contributed by atoms with Crippen molar-refractivity contribution >= 4 is 27.6 Å². The van der Waals surface area contributed by atoms with E-state index < -0.39 is 21.9 Å². The van der Waals surface area contributed by atoms with Crippen LogP contribution in [0.2, 0.25) is 0 Å². The highest BCUT2D eigenvalue weighted by atomic mass is 32.2.